The number of thiophene rings is 1. The summed E-state index contributed by atoms with van der Waals surface area (Å²) in [5, 5.41) is 6.49. The molecule has 4 rings (SSSR count). The van der Waals surface area contributed by atoms with Crippen LogP contribution in [0.2, 0.25) is 0 Å². The smallest absolute Gasteiger partial charge is 0.264 e. The lowest BCUT2D eigenvalue weighted by Crippen LogP contribution is -2.46. The van der Waals surface area contributed by atoms with E-state index in [2.05, 4.69) is 36.0 Å². The molecule has 0 radical (unpaired) electrons. The highest BCUT2D eigenvalue weighted by molar-refractivity contribution is 9.10. The van der Waals surface area contributed by atoms with Crippen molar-refractivity contribution in [3.63, 3.8) is 0 Å². The van der Waals surface area contributed by atoms with E-state index in [0.29, 0.717) is 18.1 Å². The van der Waals surface area contributed by atoms with Gasteiger partial charge in [-0.05, 0) is 65.5 Å². The number of aromatic nitrogens is 2. The number of hydrogen-bond acceptors (Lipinski definition) is 3. The molecule has 0 spiro atoms. The number of halogens is 1. The number of rotatable bonds is 2. The van der Waals surface area contributed by atoms with Crippen LogP contribution in [-0.4, -0.2) is 32.7 Å². The van der Waals surface area contributed by atoms with Gasteiger partial charge >= 0.3 is 0 Å². The summed E-state index contributed by atoms with van der Waals surface area (Å²) in [7, 11) is 0. The molecule has 2 aromatic heterocycles. The molecule has 2 fully saturated rings. The van der Waals surface area contributed by atoms with Crippen molar-refractivity contribution in [1.82, 2.24) is 14.7 Å². The topological polar surface area (TPSA) is 38.1 Å². The van der Waals surface area contributed by atoms with E-state index < -0.39 is 0 Å². The number of aryl methyl sites for hydroxylation is 1. The highest BCUT2D eigenvalue weighted by Gasteiger charge is 2.44. The molecule has 2 atom stereocenters. The van der Waals surface area contributed by atoms with Crippen LogP contribution in [-0.2, 0) is 0 Å². The zero-order chi connectivity index (χ0) is 15.3. The Morgan fingerprint density at radius 2 is 2.05 bits per heavy atom. The summed E-state index contributed by atoms with van der Waals surface area (Å²) in [4.78, 5) is 15.9. The van der Waals surface area contributed by atoms with Gasteiger partial charge in [-0.1, -0.05) is 0 Å². The van der Waals surface area contributed by atoms with Crippen molar-refractivity contribution in [1.29, 1.82) is 0 Å². The van der Waals surface area contributed by atoms with Crippen LogP contribution in [0.15, 0.2) is 28.3 Å². The Kier molecular flexibility index (Phi) is 3.61. The lowest BCUT2D eigenvalue weighted by molar-refractivity contribution is 0.0529. The molecule has 2 unspecified atom stereocenters. The molecule has 1 amide bonds. The molecule has 0 aliphatic carbocycles. The Bertz CT molecular complexity index is 696. The predicted octanol–water partition coefficient (Wildman–Crippen LogP) is 4.02. The van der Waals surface area contributed by atoms with Crippen LogP contribution < -0.4 is 0 Å². The van der Waals surface area contributed by atoms with Gasteiger partial charge < -0.3 is 4.90 Å². The summed E-state index contributed by atoms with van der Waals surface area (Å²) in [5.41, 5.74) is 1.18. The Morgan fingerprint density at radius 3 is 2.59 bits per heavy atom. The average Bonchev–Trinajstić information content (AvgIpc) is 3.17. The second-order valence-corrected chi connectivity index (χ2v) is 8.18. The molecule has 4 heterocycles. The molecule has 0 N–H and O–H groups in total. The Balaban J connectivity index is 1.55. The Hall–Kier alpha value is -1.14. The van der Waals surface area contributed by atoms with Crippen LogP contribution in [0.1, 0.15) is 47.0 Å². The molecular weight excluding hydrogens is 362 g/mol. The van der Waals surface area contributed by atoms with E-state index in [1.165, 1.54) is 5.56 Å². The summed E-state index contributed by atoms with van der Waals surface area (Å²) in [6.45, 7) is 2.05. The average molecular weight is 380 g/mol. The zero-order valence-electron chi connectivity index (χ0n) is 12.4. The molecule has 2 aliphatic heterocycles. The Morgan fingerprint density at radius 1 is 1.32 bits per heavy atom. The number of carbonyl (C=O) groups is 1. The molecule has 6 heteroatoms. The van der Waals surface area contributed by atoms with Crippen LogP contribution in [0.5, 0.6) is 0 Å². The third-order valence-corrected chi connectivity index (χ3v) is 6.27. The fraction of sp³-hybridized carbons (Fsp3) is 0.500. The van der Waals surface area contributed by atoms with Crippen molar-refractivity contribution in [3.05, 3.63) is 38.8 Å². The van der Waals surface area contributed by atoms with Gasteiger partial charge in [0.2, 0.25) is 0 Å². The first-order valence-corrected chi connectivity index (χ1v) is 9.36. The van der Waals surface area contributed by atoms with Gasteiger partial charge in [0, 0.05) is 18.3 Å². The van der Waals surface area contributed by atoms with E-state index in [0.717, 1.165) is 35.0 Å². The van der Waals surface area contributed by atoms with Gasteiger partial charge in [0.25, 0.3) is 5.91 Å². The standard InChI is InChI=1S/C16H18BrN3OS/c1-10-4-15(22-9-10)16(21)20-12-2-3-13(20)6-14(5-12)19-8-11(17)7-18-19/h4,7-9,12-14H,2-3,5-6H2,1H3. The fourth-order valence-corrected chi connectivity index (χ4v) is 5.02. The highest BCUT2D eigenvalue weighted by Crippen LogP contribution is 2.41. The number of carbonyl (C=O) groups excluding carboxylic acids is 1. The summed E-state index contributed by atoms with van der Waals surface area (Å²) < 4.78 is 3.08. The first-order chi connectivity index (χ1) is 10.6. The number of fused-ring (bicyclic) bond motifs is 2. The first kappa shape index (κ1) is 14.5. The van der Waals surface area contributed by atoms with Crippen molar-refractivity contribution in [2.75, 3.05) is 0 Å². The van der Waals surface area contributed by atoms with Crippen molar-refractivity contribution in [3.8, 4) is 0 Å². The van der Waals surface area contributed by atoms with Crippen LogP contribution in [0.3, 0.4) is 0 Å². The quantitative estimate of drug-likeness (QED) is 0.789. The summed E-state index contributed by atoms with van der Waals surface area (Å²) >= 11 is 5.03. The van der Waals surface area contributed by atoms with Gasteiger partial charge in [-0.2, -0.15) is 5.10 Å². The molecule has 0 aromatic carbocycles. The number of hydrogen-bond donors (Lipinski definition) is 0. The van der Waals surface area contributed by atoms with Crippen LogP contribution >= 0.6 is 27.3 Å². The Labute approximate surface area is 142 Å². The van der Waals surface area contributed by atoms with Crippen molar-refractivity contribution in [2.45, 2.75) is 50.7 Å². The zero-order valence-corrected chi connectivity index (χ0v) is 14.8. The van der Waals surface area contributed by atoms with Gasteiger partial charge in [-0.25, -0.2) is 0 Å². The second kappa shape index (κ2) is 5.49. The van der Waals surface area contributed by atoms with Gasteiger partial charge in [0.15, 0.2) is 0 Å². The van der Waals surface area contributed by atoms with E-state index in [9.17, 15) is 4.79 Å². The van der Waals surface area contributed by atoms with Crippen LogP contribution in [0.4, 0.5) is 0 Å². The largest absolute Gasteiger partial charge is 0.332 e. The normalized spacial score (nSPS) is 27.4. The maximum absolute atomic E-state index is 12.8. The van der Waals surface area contributed by atoms with E-state index in [1.807, 2.05) is 25.4 Å². The molecule has 116 valence electrons. The summed E-state index contributed by atoms with van der Waals surface area (Å²) in [5.74, 6) is 0.227. The van der Waals surface area contributed by atoms with Crippen molar-refractivity contribution >= 4 is 33.2 Å². The molecular formula is C16H18BrN3OS. The molecule has 4 nitrogen and oxygen atoms in total. The van der Waals surface area contributed by atoms with E-state index in [1.54, 1.807) is 11.3 Å². The minimum absolute atomic E-state index is 0.227. The van der Waals surface area contributed by atoms with Gasteiger partial charge in [-0.3, -0.25) is 9.48 Å². The number of amides is 1. The number of nitrogens with zero attached hydrogens (tertiary/aromatic N) is 3. The molecule has 2 aromatic rings. The monoisotopic (exact) mass is 379 g/mol. The minimum Gasteiger partial charge on any atom is -0.332 e. The predicted molar refractivity (Wildman–Crippen MR) is 90.2 cm³/mol. The fourth-order valence-electron chi connectivity index (χ4n) is 3.88. The van der Waals surface area contributed by atoms with Gasteiger partial charge in [-0.15, -0.1) is 11.3 Å². The maximum Gasteiger partial charge on any atom is 0.264 e. The molecule has 2 aliphatic rings. The minimum atomic E-state index is 0.227. The van der Waals surface area contributed by atoms with E-state index in [-0.39, 0.29) is 5.91 Å². The molecule has 22 heavy (non-hydrogen) atoms. The van der Waals surface area contributed by atoms with Crippen molar-refractivity contribution in [2.24, 2.45) is 0 Å². The molecule has 2 saturated heterocycles. The van der Waals surface area contributed by atoms with E-state index >= 15 is 0 Å². The molecule has 0 saturated carbocycles. The van der Waals surface area contributed by atoms with Crippen molar-refractivity contribution < 1.29 is 4.79 Å². The summed E-state index contributed by atoms with van der Waals surface area (Å²) in [6.07, 6.45) is 8.17. The first-order valence-electron chi connectivity index (χ1n) is 7.69. The SMILES string of the molecule is Cc1csc(C(=O)N2C3CCC2CC(n2cc(Br)cn2)C3)c1. The van der Waals surface area contributed by atoms with Crippen LogP contribution in [0.25, 0.3) is 0 Å². The lowest BCUT2D eigenvalue weighted by Gasteiger charge is -2.38. The summed E-state index contributed by atoms with van der Waals surface area (Å²) in [6, 6.07) is 3.16. The van der Waals surface area contributed by atoms with Gasteiger partial charge in [0.1, 0.15) is 0 Å². The highest BCUT2D eigenvalue weighted by atomic mass is 79.9. The van der Waals surface area contributed by atoms with Gasteiger partial charge in [0.05, 0.1) is 21.6 Å². The third kappa shape index (κ3) is 2.42. The third-order valence-electron chi connectivity index (χ3n) is 4.83. The molecule has 2 bridgehead atoms. The van der Waals surface area contributed by atoms with E-state index in [4.69, 9.17) is 0 Å². The second-order valence-electron chi connectivity index (χ2n) is 6.35. The maximum atomic E-state index is 12.8. The van der Waals surface area contributed by atoms with Crippen LogP contribution in [0, 0.1) is 6.92 Å². The lowest BCUT2D eigenvalue weighted by atomic mass is 9.97. The number of piperidine rings is 1.